The van der Waals surface area contributed by atoms with Gasteiger partial charge in [-0.15, -0.1) is 0 Å². The molecule has 1 atom stereocenters. The Morgan fingerprint density at radius 3 is 2.47 bits per heavy atom. The van der Waals surface area contributed by atoms with E-state index in [1.165, 1.54) is 18.2 Å². The maximum atomic E-state index is 12.5. The standard InChI is InChI=1S/C10H6ClF3O3/c11-6-3-1-2-4-7(6)17-8(15)9(5-16-9)10(12,13)14/h1-4H,5H2/t9-/m1/s1. The summed E-state index contributed by atoms with van der Waals surface area (Å²) < 4.78 is 46.2. The lowest BCUT2D eigenvalue weighted by molar-refractivity contribution is -0.198. The first-order valence-corrected chi connectivity index (χ1v) is 4.92. The van der Waals surface area contributed by atoms with Crippen molar-refractivity contribution >= 4 is 17.6 Å². The zero-order chi connectivity index (χ0) is 12.7. The summed E-state index contributed by atoms with van der Waals surface area (Å²) in [5.74, 6) is -1.63. The van der Waals surface area contributed by atoms with Crippen molar-refractivity contribution in [2.24, 2.45) is 0 Å². The molecule has 0 saturated carbocycles. The SMILES string of the molecule is O=C(Oc1ccccc1Cl)[C@@]1(C(F)(F)F)CO1. The molecule has 1 saturated heterocycles. The van der Waals surface area contributed by atoms with Gasteiger partial charge >= 0.3 is 12.1 Å². The second-order valence-electron chi connectivity index (χ2n) is 3.43. The smallest absolute Gasteiger partial charge is 0.422 e. The quantitative estimate of drug-likeness (QED) is 0.469. The summed E-state index contributed by atoms with van der Waals surface area (Å²) in [4.78, 5) is 11.4. The molecule has 0 aliphatic carbocycles. The number of epoxide rings is 1. The van der Waals surface area contributed by atoms with E-state index in [4.69, 9.17) is 11.6 Å². The van der Waals surface area contributed by atoms with Gasteiger partial charge in [0.15, 0.2) is 0 Å². The highest BCUT2D eigenvalue weighted by molar-refractivity contribution is 6.32. The van der Waals surface area contributed by atoms with Crippen molar-refractivity contribution in [3.05, 3.63) is 29.3 Å². The minimum atomic E-state index is -4.79. The van der Waals surface area contributed by atoms with E-state index in [1.807, 2.05) is 0 Å². The Labute approximate surface area is 99.1 Å². The number of halogens is 4. The first-order valence-electron chi connectivity index (χ1n) is 4.54. The van der Waals surface area contributed by atoms with Crippen LogP contribution in [0.15, 0.2) is 24.3 Å². The van der Waals surface area contributed by atoms with Crippen molar-refractivity contribution in [3.8, 4) is 5.75 Å². The minimum absolute atomic E-state index is 0.0545. The number of hydrogen-bond acceptors (Lipinski definition) is 3. The average Bonchev–Trinajstić information content (AvgIpc) is 3.01. The van der Waals surface area contributed by atoms with Gasteiger partial charge in [0.2, 0.25) is 0 Å². The van der Waals surface area contributed by atoms with Gasteiger partial charge < -0.3 is 9.47 Å². The Balaban J connectivity index is 2.16. The van der Waals surface area contributed by atoms with Crippen molar-refractivity contribution in [2.75, 3.05) is 6.61 Å². The number of para-hydroxylation sites is 1. The summed E-state index contributed by atoms with van der Waals surface area (Å²) in [6, 6.07) is 5.75. The zero-order valence-corrected chi connectivity index (χ0v) is 9.01. The van der Waals surface area contributed by atoms with Gasteiger partial charge in [0.05, 0.1) is 11.6 Å². The van der Waals surface area contributed by atoms with E-state index >= 15 is 0 Å². The summed E-state index contributed by atoms with van der Waals surface area (Å²) in [6.45, 7) is -0.722. The van der Waals surface area contributed by atoms with Crippen LogP contribution in [-0.4, -0.2) is 24.4 Å². The normalized spacial score (nSPS) is 23.3. The lowest BCUT2D eigenvalue weighted by Gasteiger charge is -2.14. The Morgan fingerprint density at radius 2 is 2.00 bits per heavy atom. The number of benzene rings is 1. The predicted octanol–water partition coefficient (Wildman–Crippen LogP) is 2.58. The summed E-state index contributed by atoms with van der Waals surface area (Å²) in [5, 5.41) is 0.0545. The fraction of sp³-hybridized carbons (Fsp3) is 0.300. The van der Waals surface area contributed by atoms with Gasteiger partial charge in [0.25, 0.3) is 5.60 Å². The minimum Gasteiger partial charge on any atom is -0.422 e. The highest BCUT2D eigenvalue weighted by Crippen LogP contribution is 2.44. The molecule has 0 amide bonds. The molecule has 0 spiro atoms. The van der Waals surface area contributed by atoms with Gasteiger partial charge in [0, 0.05) is 0 Å². The van der Waals surface area contributed by atoms with E-state index in [0.717, 1.165) is 0 Å². The lowest BCUT2D eigenvalue weighted by Crippen LogP contribution is -2.43. The summed E-state index contributed by atoms with van der Waals surface area (Å²) in [7, 11) is 0. The molecule has 1 heterocycles. The molecule has 0 bridgehead atoms. The van der Waals surface area contributed by atoms with Gasteiger partial charge in [-0.1, -0.05) is 23.7 Å². The first-order chi connectivity index (χ1) is 7.87. The topological polar surface area (TPSA) is 38.8 Å². The molecule has 0 aromatic heterocycles. The second kappa shape index (κ2) is 3.89. The molecular weight excluding hydrogens is 261 g/mol. The molecule has 0 radical (unpaired) electrons. The number of carbonyl (C=O) groups excluding carboxylic acids is 1. The lowest BCUT2D eigenvalue weighted by atomic mass is 10.1. The van der Waals surface area contributed by atoms with Gasteiger partial charge in [-0.25, -0.2) is 4.79 Å². The van der Waals surface area contributed by atoms with Crippen molar-refractivity contribution in [2.45, 2.75) is 11.8 Å². The van der Waals surface area contributed by atoms with E-state index in [2.05, 4.69) is 9.47 Å². The second-order valence-corrected chi connectivity index (χ2v) is 3.84. The van der Waals surface area contributed by atoms with E-state index < -0.39 is 24.4 Å². The number of rotatable bonds is 2. The van der Waals surface area contributed by atoms with E-state index in [-0.39, 0.29) is 10.8 Å². The third-order valence-corrected chi connectivity index (χ3v) is 2.57. The van der Waals surface area contributed by atoms with Gasteiger partial charge in [-0.3, -0.25) is 0 Å². The van der Waals surface area contributed by atoms with Crippen LogP contribution < -0.4 is 4.74 Å². The molecule has 92 valence electrons. The molecular formula is C10H6ClF3O3. The highest BCUT2D eigenvalue weighted by atomic mass is 35.5. The van der Waals surface area contributed by atoms with Crippen molar-refractivity contribution < 1.29 is 27.4 Å². The van der Waals surface area contributed by atoms with Crippen molar-refractivity contribution in [1.82, 2.24) is 0 Å². The fourth-order valence-corrected chi connectivity index (χ4v) is 1.35. The van der Waals surface area contributed by atoms with Crippen molar-refractivity contribution in [3.63, 3.8) is 0 Å². The molecule has 0 N–H and O–H groups in total. The number of carbonyl (C=O) groups is 1. The van der Waals surface area contributed by atoms with Gasteiger partial charge in [-0.05, 0) is 12.1 Å². The van der Waals surface area contributed by atoms with Gasteiger partial charge in [-0.2, -0.15) is 13.2 Å². The molecule has 3 nitrogen and oxygen atoms in total. The first kappa shape index (κ1) is 12.2. The Morgan fingerprint density at radius 1 is 1.41 bits per heavy atom. The molecule has 7 heteroatoms. The average molecular weight is 267 g/mol. The van der Waals surface area contributed by atoms with Gasteiger partial charge in [0.1, 0.15) is 5.75 Å². The molecule has 17 heavy (non-hydrogen) atoms. The van der Waals surface area contributed by atoms with Crippen LogP contribution >= 0.6 is 11.6 Å². The number of esters is 1. The Bertz CT molecular complexity index is 454. The molecule has 1 aliphatic heterocycles. The molecule has 1 aromatic carbocycles. The fourth-order valence-electron chi connectivity index (χ4n) is 1.18. The van der Waals surface area contributed by atoms with Crippen LogP contribution in [0.25, 0.3) is 0 Å². The van der Waals surface area contributed by atoms with Crippen LogP contribution in [0, 0.1) is 0 Å². The maximum absolute atomic E-state index is 12.5. The molecule has 2 rings (SSSR count). The molecule has 1 fully saturated rings. The van der Waals surface area contributed by atoms with Crippen LogP contribution in [0.2, 0.25) is 5.02 Å². The third kappa shape index (κ3) is 2.10. The Kier molecular flexibility index (Phi) is 2.79. The highest BCUT2D eigenvalue weighted by Gasteiger charge is 2.73. The van der Waals surface area contributed by atoms with Crippen LogP contribution in [0.3, 0.4) is 0 Å². The summed E-state index contributed by atoms with van der Waals surface area (Å²) in [5.41, 5.74) is -2.83. The number of ether oxygens (including phenoxy) is 2. The van der Waals surface area contributed by atoms with Crippen LogP contribution in [0.4, 0.5) is 13.2 Å². The Hall–Kier alpha value is -1.27. The number of alkyl halides is 3. The van der Waals surface area contributed by atoms with Crippen LogP contribution in [0.5, 0.6) is 5.75 Å². The summed E-state index contributed by atoms with van der Waals surface area (Å²) in [6.07, 6.45) is -4.79. The molecule has 1 aromatic rings. The van der Waals surface area contributed by atoms with E-state index in [9.17, 15) is 18.0 Å². The van der Waals surface area contributed by atoms with E-state index in [1.54, 1.807) is 6.07 Å². The van der Waals surface area contributed by atoms with Crippen LogP contribution in [0.1, 0.15) is 0 Å². The predicted molar refractivity (Wildman–Crippen MR) is 51.8 cm³/mol. The third-order valence-electron chi connectivity index (χ3n) is 2.26. The van der Waals surface area contributed by atoms with E-state index in [0.29, 0.717) is 0 Å². The molecule has 0 unspecified atom stereocenters. The van der Waals surface area contributed by atoms with Crippen molar-refractivity contribution in [1.29, 1.82) is 0 Å². The maximum Gasteiger partial charge on any atom is 0.430 e. The largest absolute Gasteiger partial charge is 0.430 e. The zero-order valence-electron chi connectivity index (χ0n) is 8.25. The summed E-state index contributed by atoms with van der Waals surface area (Å²) >= 11 is 5.65. The monoisotopic (exact) mass is 266 g/mol. The van der Waals surface area contributed by atoms with Crippen LogP contribution in [-0.2, 0) is 9.53 Å². The molecule has 1 aliphatic rings. The number of hydrogen-bond donors (Lipinski definition) is 0.